The molecule has 0 saturated carbocycles. The summed E-state index contributed by atoms with van der Waals surface area (Å²) in [4.78, 5) is 10.3. The van der Waals surface area contributed by atoms with E-state index in [1.807, 2.05) is 0 Å². The van der Waals surface area contributed by atoms with E-state index >= 15 is 0 Å². The lowest BCUT2D eigenvalue weighted by Crippen LogP contribution is -2.07. The molecule has 3 heteroatoms. The van der Waals surface area contributed by atoms with Crippen molar-refractivity contribution >= 4 is 22.9 Å². The van der Waals surface area contributed by atoms with E-state index in [-0.39, 0.29) is 7.93 Å². The highest BCUT2D eigenvalue weighted by atomic mass is 29.2. The normalized spacial score (nSPS) is 21.6. The third-order valence-electron chi connectivity index (χ3n) is 1.32. The lowest BCUT2D eigenvalue weighted by Gasteiger charge is -1.82. The third-order valence-corrected chi connectivity index (χ3v) is 6.59. The first-order valence-electron chi connectivity index (χ1n) is 2.69. The SMILES string of the molecule is [O][SiH2][Si]1=CCCC1. The predicted molar refractivity (Wildman–Crippen MR) is 35.1 cm³/mol. The van der Waals surface area contributed by atoms with Gasteiger partial charge in [-0.15, -0.1) is 5.67 Å². The molecule has 0 N–H and O–H groups in total. The van der Waals surface area contributed by atoms with Crippen molar-refractivity contribution in [1.82, 2.24) is 0 Å². The Kier molecular flexibility index (Phi) is 1.96. The zero-order chi connectivity index (χ0) is 5.11. The van der Waals surface area contributed by atoms with E-state index in [2.05, 4.69) is 5.67 Å². The minimum Gasteiger partial charge on any atom is -0.306 e. The fourth-order valence-electron chi connectivity index (χ4n) is 0.868. The number of rotatable bonds is 1. The Morgan fingerprint density at radius 1 is 1.71 bits per heavy atom. The van der Waals surface area contributed by atoms with Gasteiger partial charge in [0.15, 0.2) is 0 Å². The summed E-state index contributed by atoms with van der Waals surface area (Å²) in [5.41, 5.74) is 2.31. The Morgan fingerprint density at radius 2 is 2.57 bits per heavy atom. The van der Waals surface area contributed by atoms with E-state index in [1.165, 1.54) is 18.9 Å². The molecule has 0 fully saturated rings. The maximum absolute atomic E-state index is 10.3. The summed E-state index contributed by atoms with van der Waals surface area (Å²) in [5, 5.41) is 0. The molecule has 1 heterocycles. The molecule has 0 amide bonds. The van der Waals surface area contributed by atoms with Crippen LogP contribution in [0.1, 0.15) is 12.8 Å². The summed E-state index contributed by atoms with van der Waals surface area (Å²) in [6, 6.07) is 1.31. The van der Waals surface area contributed by atoms with Crippen molar-refractivity contribution in [3.05, 3.63) is 0 Å². The van der Waals surface area contributed by atoms with Crippen LogP contribution in [0.5, 0.6) is 0 Å². The van der Waals surface area contributed by atoms with Gasteiger partial charge in [0, 0.05) is 7.93 Å². The predicted octanol–water partition coefficient (Wildman–Crippen LogP) is -0.330. The van der Waals surface area contributed by atoms with Crippen molar-refractivity contribution < 1.29 is 4.80 Å². The Balaban J connectivity index is 2.36. The van der Waals surface area contributed by atoms with Crippen LogP contribution in [-0.2, 0) is 4.80 Å². The first-order chi connectivity index (χ1) is 3.43. The van der Waals surface area contributed by atoms with E-state index in [0.29, 0.717) is 0 Å². The second kappa shape index (κ2) is 2.54. The van der Waals surface area contributed by atoms with Crippen molar-refractivity contribution in [3.8, 4) is 0 Å². The van der Waals surface area contributed by atoms with Gasteiger partial charge in [-0.2, -0.15) is 0 Å². The van der Waals surface area contributed by atoms with Crippen molar-refractivity contribution in [2.24, 2.45) is 0 Å². The van der Waals surface area contributed by atoms with Gasteiger partial charge in [-0.25, -0.2) is 0 Å². The Hall–Kier alpha value is 0.264. The van der Waals surface area contributed by atoms with E-state index in [0.717, 1.165) is 0 Å². The Morgan fingerprint density at radius 3 is 2.86 bits per heavy atom. The van der Waals surface area contributed by atoms with Crippen LogP contribution in [0.25, 0.3) is 0 Å². The van der Waals surface area contributed by atoms with Crippen LogP contribution in [0.2, 0.25) is 6.04 Å². The molecule has 0 aromatic rings. The van der Waals surface area contributed by atoms with Gasteiger partial charge in [0.05, 0.1) is 0 Å². The highest BCUT2D eigenvalue weighted by Crippen LogP contribution is 2.01. The zero-order valence-electron chi connectivity index (χ0n) is 4.31. The second-order valence-corrected chi connectivity index (χ2v) is 8.00. The van der Waals surface area contributed by atoms with Crippen LogP contribution in [0.15, 0.2) is 0 Å². The maximum Gasteiger partial charge on any atom is 0.211 e. The topological polar surface area (TPSA) is 19.9 Å². The molecular weight excluding hydrogens is 120 g/mol. The first kappa shape index (κ1) is 5.40. The summed E-state index contributed by atoms with van der Waals surface area (Å²) in [6.07, 6.45) is 2.58. The van der Waals surface area contributed by atoms with E-state index in [1.54, 1.807) is 0 Å². The van der Waals surface area contributed by atoms with Crippen LogP contribution in [0, 0.1) is 0 Å². The Labute approximate surface area is 47.3 Å². The third kappa shape index (κ3) is 1.33. The monoisotopic (exact) mass is 129 g/mol. The van der Waals surface area contributed by atoms with Crippen LogP contribution in [0.4, 0.5) is 0 Å². The smallest absolute Gasteiger partial charge is 0.211 e. The van der Waals surface area contributed by atoms with Crippen LogP contribution < -0.4 is 0 Å². The quantitative estimate of drug-likeness (QED) is 0.432. The van der Waals surface area contributed by atoms with Gasteiger partial charge in [-0.1, -0.05) is 0 Å². The fraction of sp³-hybridized carbons (Fsp3) is 0.750. The minimum absolute atomic E-state index is 0.293. The highest BCUT2D eigenvalue weighted by Gasteiger charge is 2.03. The van der Waals surface area contributed by atoms with Crippen molar-refractivity contribution in [1.29, 1.82) is 0 Å². The van der Waals surface area contributed by atoms with Gasteiger partial charge < -0.3 is 4.80 Å². The van der Waals surface area contributed by atoms with Gasteiger partial charge >= 0.3 is 0 Å². The molecule has 1 nitrogen and oxygen atoms in total. The summed E-state index contributed by atoms with van der Waals surface area (Å²) in [5.74, 6) is 0. The van der Waals surface area contributed by atoms with E-state index in [4.69, 9.17) is 0 Å². The molecular formula is C4H9OSi2. The molecule has 39 valence electrons. The van der Waals surface area contributed by atoms with Crippen LogP contribution in [0.3, 0.4) is 0 Å². The molecule has 0 unspecified atom stereocenters. The molecule has 1 aliphatic rings. The first-order valence-corrected chi connectivity index (χ1v) is 7.38. The average molecular weight is 129 g/mol. The molecule has 0 aliphatic carbocycles. The van der Waals surface area contributed by atoms with Gasteiger partial charge in [0.1, 0.15) is 0 Å². The Bertz CT molecular complexity index is 89.7. The summed E-state index contributed by atoms with van der Waals surface area (Å²) < 4.78 is 0. The molecule has 1 radical (unpaired) electrons. The molecule has 0 atom stereocenters. The van der Waals surface area contributed by atoms with Gasteiger partial charge in [-0.05, 0) is 18.9 Å². The molecule has 7 heavy (non-hydrogen) atoms. The van der Waals surface area contributed by atoms with Gasteiger partial charge in [0.25, 0.3) is 0 Å². The molecule has 0 saturated heterocycles. The maximum atomic E-state index is 10.3. The molecule has 0 aromatic carbocycles. The summed E-state index contributed by atoms with van der Waals surface area (Å²) in [6.45, 7) is 0. The molecule has 0 spiro atoms. The average Bonchev–Trinajstić information content (AvgIpc) is 2.14. The zero-order valence-corrected chi connectivity index (χ0v) is 6.73. The van der Waals surface area contributed by atoms with E-state index in [9.17, 15) is 4.80 Å². The highest BCUT2D eigenvalue weighted by molar-refractivity contribution is 7.11. The largest absolute Gasteiger partial charge is 0.306 e. The van der Waals surface area contributed by atoms with E-state index < -0.39 is 9.28 Å². The van der Waals surface area contributed by atoms with Gasteiger partial charge in [0.2, 0.25) is 9.28 Å². The second-order valence-electron chi connectivity index (χ2n) is 1.90. The number of hydrogen-bond donors (Lipinski definition) is 0. The molecule has 1 aliphatic heterocycles. The standard InChI is InChI=1S/C4H9OSi2/c5-6-7-3-1-2-4-7/h3H,1-2,4,6H2. The van der Waals surface area contributed by atoms with Crippen molar-refractivity contribution in [2.45, 2.75) is 18.9 Å². The number of hydrogen-bond acceptors (Lipinski definition) is 0. The molecule has 0 aromatic heterocycles. The lowest BCUT2D eigenvalue weighted by molar-refractivity contribution is 0.488. The van der Waals surface area contributed by atoms with Crippen molar-refractivity contribution in [2.75, 3.05) is 0 Å². The minimum atomic E-state index is -0.813. The van der Waals surface area contributed by atoms with Gasteiger partial charge in [-0.3, -0.25) is 0 Å². The lowest BCUT2D eigenvalue weighted by atomic mass is 10.4. The summed E-state index contributed by atoms with van der Waals surface area (Å²) in [7, 11) is -1.11. The fourth-order valence-corrected chi connectivity index (χ4v) is 4.75. The van der Waals surface area contributed by atoms with Crippen molar-refractivity contribution in [3.63, 3.8) is 0 Å². The molecule has 1 rings (SSSR count). The van der Waals surface area contributed by atoms with Crippen LogP contribution in [-0.4, -0.2) is 22.9 Å². The summed E-state index contributed by atoms with van der Waals surface area (Å²) >= 11 is 0. The molecule has 0 bridgehead atoms. The van der Waals surface area contributed by atoms with Crippen LogP contribution >= 0.6 is 0 Å².